The first-order chi connectivity index (χ1) is 16.2. The van der Waals surface area contributed by atoms with Crippen LogP contribution in [0.25, 0.3) is 22.5 Å². The zero-order valence-electron chi connectivity index (χ0n) is 18.1. The molecule has 4 aromatic rings. The normalized spacial score (nSPS) is 15.4. The molecule has 5 rings (SSSR count). The highest BCUT2D eigenvalue weighted by Crippen LogP contribution is 2.47. The SMILES string of the molecule is Cn1nc(-c2ccccn2)c2c1NCCSC2c1ccc(-c2cnn(CCC#N)c2)cc1Cl. The number of nitrogens with zero attached hydrogens (tertiary/aromatic N) is 6. The van der Waals surface area contributed by atoms with E-state index in [2.05, 4.69) is 33.6 Å². The van der Waals surface area contributed by atoms with E-state index in [4.69, 9.17) is 22.0 Å². The summed E-state index contributed by atoms with van der Waals surface area (Å²) >= 11 is 8.74. The van der Waals surface area contributed by atoms with Gasteiger partial charge in [0.05, 0.1) is 36.2 Å². The number of aryl methyl sites for hydroxylation is 2. The quantitative estimate of drug-likeness (QED) is 0.429. The average Bonchev–Trinajstić information content (AvgIpc) is 3.36. The van der Waals surface area contributed by atoms with Gasteiger partial charge >= 0.3 is 0 Å². The van der Waals surface area contributed by atoms with Gasteiger partial charge in [0.1, 0.15) is 11.5 Å². The lowest BCUT2D eigenvalue weighted by Gasteiger charge is -2.18. The molecule has 1 atom stereocenters. The maximum atomic E-state index is 8.80. The Morgan fingerprint density at radius 2 is 2.18 bits per heavy atom. The van der Waals surface area contributed by atoms with Crippen LogP contribution < -0.4 is 5.32 Å². The number of hydrogen-bond donors (Lipinski definition) is 1. The van der Waals surface area contributed by atoms with E-state index >= 15 is 0 Å². The Morgan fingerprint density at radius 3 is 2.97 bits per heavy atom. The monoisotopic (exact) mass is 475 g/mol. The third-order valence-electron chi connectivity index (χ3n) is 5.63. The molecule has 7 nitrogen and oxygen atoms in total. The number of aromatic nitrogens is 5. The summed E-state index contributed by atoms with van der Waals surface area (Å²) in [7, 11) is 1.96. The first-order valence-corrected chi connectivity index (χ1v) is 12.1. The molecule has 0 bridgehead atoms. The largest absolute Gasteiger partial charge is 0.369 e. The lowest BCUT2D eigenvalue weighted by molar-refractivity contribution is 0.628. The molecular formula is C24H22ClN7S. The van der Waals surface area contributed by atoms with E-state index < -0.39 is 0 Å². The zero-order valence-corrected chi connectivity index (χ0v) is 19.6. The van der Waals surface area contributed by atoms with Crippen molar-refractivity contribution in [1.29, 1.82) is 5.26 Å². The van der Waals surface area contributed by atoms with Gasteiger partial charge in [0.2, 0.25) is 0 Å². The molecule has 1 aromatic carbocycles. The van der Waals surface area contributed by atoms with Gasteiger partial charge in [-0.2, -0.15) is 15.5 Å². The number of thioether (sulfide) groups is 1. The van der Waals surface area contributed by atoms with Crippen molar-refractivity contribution in [3.8, 4) is 28.6 Å². The van der Waals surface area contributed by atoms with Crippen LogP contribution in [0.1, 0.15) is 22.8 Å². The van der Waals surface area contributed by atoms with Crippen LogP contribution in [0, 0.1) is 11.3 Å². The predicted octanol–water partition coefficient (Wildman–Crippen LogP) is 5.16. The Labute approximate surface area is 201 Å². The van der Waals surface area contributed by atoms with Gasteiger partial charge in [-0.05, 0) is 29.3 Å². The Morgan fingerprint density at radius 1 is 1.27 bits per heavy atom. The van der Waals surface area contributed by atoms with Gasteiger partial charge in [0, 0.05) is 47.9 Å². The second-order valence-electron chi connectivity index (χ2n) is 7.76. The van der Waals surface area contributed by atoms with Gasteiger partial charge in [-0.15, -0.1) is 11.8 Å². The van der Waals surface area contributed by atoms with Crippen molar-refractivity contribution in [2.45, 2.75) is 18.2 Å². The van der Waals surface area contributed by atoms with E-state index in [-0.39, 0.29) is 5.25 Å². The number of nitrogens with one attached hydrogen (secondary N) is 1. The van der Waals surface area contributed by atoms with Gasteiger partial charge in [0.25, 0.3) is 0 Å². The molecule has 0 fully saturated rings. The number of fused-ring (bicyclic) bond motifs is 1. The molecule has 0 radical (unpaired) electrons. The van der Waals surface area contributed by atoms with E-state index in [0.29, 0.717) is 18.0 Å². The van der Waals surface area contributed by atoms with Gasteiger partial charge in [-0.3, -0.25) is 14.3 Å². The maximum Gasteiger partial charge on any atom is 0.129 e. The first-order valence-electron chi connectivity index (χ1n) is 10.7. The third kappa shape index (κ3) is 4.22. The van der Waals surface area contributed by atoms with E-state index in [1.165, 1.54) is 0 Å². The van der Waals surface area contributed by atoms with Crippen LogP contribution in [-0.2, 0) is 13.6 Å². The summed E-state index contributed by atoms with van der Waals surface area (Å²) in [6.07, 6.45) is 5.98. The lowest BCUT2D eigenvalue weighted by atomic mass is 9.99. The molecule has 1 unspecified atom stereocenters. The molecule has 0 saturated heterocycles. The second kappa shape index (κ2) is 9.30. The molecule has 33 heavy (non-hydrogen) atoms. The minimum Gasteiger partial charge on any atom is -0.369 e. The van der Waals surface area contributed by atoms with Crippen molar-refractivity contribution < 1.29 is 0 Å². The van der Waals surface area contributed by atoms with Gasteiger partial charge < -0.3 is 5.32 Å². The molecule has 9 heteroatoms. The number of anilines is 1. The van der Waals surface area contributed by atoms with Crippen LogP contribution in [0.3, 0.4) is 0 Å². The number of halogens is 1. The van der Waals surface area contributed by atoms with Crippen LogP contribution >= 0.6 is 23.4 Å². The standard InChI is InChI=1S/C24H22ClN7S/c1-31-24-21(22(30-31)20-5-2-3-9-27-20)23(33-12-10-28-24)18-7-6-16(13-19(18)25)17-14-29-32(15-17)11-4-8-26/h2-3,5-7,9,13-15,23,28H,4,10-12H2,1H3. The fourth-order valence-electron chi connectivity index (χ4n) is 4.08. The van der Waals surface area contributed by atoms with Crippen molar-refractivity contribution in [2.75, 3.05) is 17.6 Å². The molecule has 1 N–H and O–H groups in total. The molecule has 3 aromatic heterocycles. The number of nitriles is 1. The zero-order chi connectivity index (χ0) is 22.8. The minimum absolute atomic E-state index is 0.0283. The summed E-state index contributed by atoms with van der Waals surface area (Å²) in [5.41, 5.74) is 5.86. The number of pyridine rings is 1. The Hall–Kier alpha value is -3.28. The smallest absolute Gasteiger partial charge is 0.129 e. The summed E-state index contributed by atoms with van der Waals surface area (Å²) in [6, 6.07) is 14.2. The Balaban J connectivity index is 1.54. The number of benzene rings is 1. The van der Waals surface area contributed by atoms with Crippen molar-refractivity contribution >= 4 is 29.2 Å². The molecule has 0 saturated carbocycles. The summed E-state index contributed by atoms with van der Waals surface area (Å²) < 4.78 is 3.68. The molecule has 1 aliphatic rings. The summed E-state index contributed by atoms with van der Waals surface area (Å²) in [4.78, 5) is 4.55. The molecule has 4 heterocycles. The van der Waals surface area contributed by atoms with Crippen molar-refractivity contribution in [3.05, 3.63) is 71.1 Å². The highest BCUT2D eigenvalue weighted by Gasteiger charge is 2.30. The Bertz CT molecular complexity index is 1320. The van der Waals surface area contributed by atoms with Crippen molar-refractivity contribution in [2.24, 2.45) is 7.05 Å². The highest BCUT2D eigenvalue weighted by molar-refractivity contribution is 7.99. The minimum atomic E-state index is 0.0283. The highest BCUT2D eigenvalue weighted by atomic mass is 35.5. The summed E-state index contributed by atoms with van der Waals surface area (Å²) in [6.45, 7) is 1.43. The van der Waals surface area contributed by atoms with E-state index in [0.717, 1.165) is 51.8 Å². The fraction of sp³-hybridized carbons (Fsp3) is 0.250. The van der Waals surface area contributed by atoms with Crippen molar-refractivity contribution in [3.63, 3.8) is 0 Å². The predicted molar refractivity (Wildman–Crippen MR) is 132 cm³/mol. The number of hydrogen-bond acceptors (Lipinski definition) is 6. The van der Waals surface area contributed by atoms with E-state index in [1.807, 2.05) is 60.2 Å². The summed E-state index contributed by atoms with van der Waals surface area (Å²) in [5, 5.41) is 22.2. The molecule has 0 amide bonds. The maximum absolute atomic E-state index is 8.80. The van der Waals surface area contributed by atoms with E-state index in [1.54, 1.807) is 10.9 Å². The molecule has 0 spiro atoms. The lowest BCUT2D eigenvalue weighted by Crippen LogP contribution is -2.06. The molecule has 1 aliphatic heterocycles. The fourth-order valence-corrected chi connectivity index (χ4v) is 5.67. The molecule has 166 valence electrons. The Kier molecular flexibility index (Phi) is 6.07. The van der Waals surface area contributed by atoms with Crippen LogP contribution in [0.5, 0.6) is 0 Å². The van der Waals surface area contributed by atoms with Crippen LogP contribution in [0.4, 0.5) is 5.82 Å². The summed E-state index contributed by atoms with van der Waals surface area (Å²) in [5.74, 6) is 1.95. The van der Waals surface area contributed by atoms with Crippen LogP contribution in [0.15, 0.2) is 55.0 Å². The molecule has 0 aliphatic carbocycles. The van der Waals surface area contributed by atoms with Gasteiger partial charge in [-0.1, -0.05) is 29.8 Å². The topological polar surface area (TPSA) is 84.3 Å². The van der Waals surface area contributed by atoms with Gasteiger partial charge in [-0.25, -0.2) is 0 Å². The molecular weight excluding hydrogens is 454 g/mol. The average molecular weight is 476 g/mol. The van der Waals surface area contributed by atoms with Crippen molar-refractivity contribution in [1.82, 2.24) is 24.5 Å². The second-order valence-corrected chi connectivity index (χ2v) is 9.38. The third-order valence-corrected chi connectivity index (χ3v) is 7.22. The van der Waals surface area contributed by atoms with Crippen LogP contribution in [0.2, 0.25) is 5.02 Å². The van der Waals surface area contributed by atoms with E-state index in [9.17, 15) is 0 Å². The van der Waals surface area contributed by atoms with Crippen LogP contribution in [-0.4, -0.2) is 36.8 Å². The van der Waals surface area contributed by atoms with Gasteiger partial charge in [0.15, 0.2) is 0 Å². The number of rotatable bonds is 5. The first kappa shape index (κ1) is 21.6.